The lowest BCUT2D eigenvalue weighted by Gasteiger charge is -2.24. The first-order valence-corrected chi connectivity index (χ1v) is 11.2. The number of thioether (sulfide) groups is 1. The molecule has 0 aliphatic rings. The van der Waals surface area contributed by atoms with Gasteiger partial charge in [0.05, 0.1) is 18.9 Å². The first-order valence-electron chi connectivity index (χ1n) is 9.82. The number of hydrogen-bond donors (Lipinski definition) is 8. The van der Waals surface area contributed by atoms with Crippen LogP contribution in [0, 0.1) is 0 Å². The summed E-state index contributed by atoms with van der Waals surface area (Å²) in [5.41, 5.74) is 5.62. The highest BCUT2D eigenvalue weighted by Gasteiger charge is 2.32. The number of rotatable bonds is 17. The lowest BCUT2D eigenvalue weighted by molar-refractivity contribution is -0.148. The van der Waals surface area contributed by atoms with Crippen LogP contribution in [0.1, 0.15) is 32.1 Å². The number of nitrogens with two attached hydrogens (primary N) is 1. The van der Waals surface area contributed by atoms with Crippen molar-refractivity contribution in [3.63, 3.8) is 0 Å². The monoisotopic (exact) mass is 508 g/mol. The maximum Gasteiger partial charge on any atom is 0.326 e. The highest BCUT2D eigenvalue weighted by molar-refractivity contribution is 7.98. The van der Waals surface area contributed by atoms with Gasteiger partial charge in [0.25, 0.3) is 0 Å². The normalized spacial score (nSPS) is 14.1. The topological polar surface area (TPSA) is 263 Å². The van der Waals surface area contributed by atoms with Gasteiger partial charge in [0.2, 0.25) is 17.7 Å². The smallest absolute Gasteiger partial charge is 0.326 e. The number of carbonyl (C=O) groups is 7. The van der Waals surface area contributed by atoms with Crippen molar-refractivity contribution in [2.24, 2.45) is 5.73 Å². The molecule has 0 bridgehead atoms. The molecule has 0 aromatic carbocycles. The predicted octanol–water partition coefficient (Wildman–Crippen LogP) is -2.58. The van der Waals surface area contributed by atoms with Crippen LogP contribution in [-0.4, -0.2) is 98.2 Å². The van der Waals surface area contributed by atoms with E-state index in [1.807, 2.05) is 5.32 Å². The van der Waals surface area contributed by atoms with Gasteiger partial charge in [0.15, 0.2) is 0 Å². The summed E-state index contributed by atoms with van der Waals surface area (Å²) >= 11 is 1.32. The molecule has 34 heavy (non-hydrogen) atoms. The number of nitrogens with one attached hydrogen (secondary N) is 3. The van der Waals surface area contributed by atoms with Gasteiger partial charge in [-0.2, -0.15) is 11.8 Å². The van der Waals surface area contributed by atoms with Crippen molar-refractivity contribution in [2.45, 2.75) is 56.3 Å². The second-order valence-corrected chi connectivity index (χ2v) is 8.02. The fraction of sp³-hybridized carbons (Fsp3) is 0.611. The average Bonchev–Trinajstić information content (AvgIpc) is 2.72. The first kappa shape index (κ1) is 30.6. The predicted molar refractivity (Wildman–Crippen MR) is 116 cm³/mol. The molecule has 15 nitrogen and oxygen atoms in total. The number of carboxylic acids is 4. The molecule has 16 heteroatoms. The molecule has 0 rings (SSSR count). The minimum absolute atomic E-state index is 0.0442. The van der Waals surface area contributed by atoms with Crippen molar-refractivity contribution < 1.29 is 54.0 Å². The Hall–Kier alpha value is -3.40. The molecule has 192 valence electrons. The summed E-state index contributed by atoms with van der Waals surface area (Å²) in [4.78, 5) is 81.1. The third-order valence-corrected chi connectivity index (χ3v) is 4.90. The molecular formula is C18H28N4O11S. The molecule has 0 spiro atoms. The molecule has 4 atom stereocenters. The molecule has 0 fully saturated rings. The fourth-order valence-corrected chi connectivity index (χ4v) is 2.97. The molecule has 0 saturated heterocycles. The van der Waals surface area contributed by atoms with Crippen LogP contribution in [0.2, 0.25) is 0 Å². The molecule has 0 aliphatic carbocycles. The minimum Gasteiger partial charge on any atom is -0.481 e. The van der Waals surface area contributed by atoms with Crippen molar-refractivity contribution in [1.82, 2.24) is 16.0 Å². The molecule has 0 radical (unpaired) electrons. The van der Waals surface area contributed by atoms with Crippen molar-refractivity contribution in [3.8, 4) is 0 Å². The Morgan fingerprint density at radius 1 is 0.706 bits per heavy atom. The molecule has 0 saturated carbocycles. The summed E-state index contributed by atoms with van der Waals surface area (Å²) in [5, 5.41) is 41.9. The van der Waals surface area contributed by atoms with Crippen LogP contribution < -0.4 is 21.7 Å². The number of carbonyl (C=O) groups excluding carboxylic acids is 3. The van der Waals surface area contributed by atoms with E-state index in [2.05, 4.69) is 10.6 Å². The number of hydrogen-bond acceptors (Lipinski definition) is 9. The zero-order valence-electron chi connectivity index (χ0n) is 18.2. The maximum absolute atomic E-state index is 12.7. The van der Waals surface area contributed by atoms with Gasteiger partial charge in [-0.3, -0.25) is 28.8 Å². The zero-order chi connectivity index (χ0) is 26.4. The Morgan fingerprint density at radius 2 is 1.18 bits per heavy atom. The summed E-state index contributed by atoms with van der Waals surface area (Å²) < 4.78 is 0. The van der Waals surface area contributed by atoms with Crippen LogP contribution in [0.5, 0.6) is 0 Å². The Labute approximate surface area is 197 Å². The lowest BCUT2D eigenvalue weighted by atomic mass is 10.1. The summed E-state index contributed by atoms with van der Waals surface area (Å²) in [6.45, 7) is 0. The van der Waals surface area contributed by atoms with E-state index in [1.165, 1.54) is 11.8 Å². The summed E-state index contributed by atoms with van der Waals surface area (Å²) in [6, 6.07) is -6.17. The van der Waals surface area contributed by atoms with Crippen molar-refractivity contribution in [3.05, 3.63) is 0 Å². The van der Waals surface area contributed by atoms with Gasteiger partial charge in [-0.15, -0.1) is 0 Å². The highest BCUT2D eigenvalue weighted by atomic mass is 32.2. The molecular weight excluding hydrogens is 480 g/mol. The average molecular weight is 509 g/mol. The van der Waals surface area contributed by atoms with Gasteiger partial charge in [-0.1, -0.05) is 0 Å². The molecule has 0 aliphatic heterocycles. The van der Waals surface area contributed by atoms with E-state index in [-0.39, 0.29) is 12.8 Å². The SMILES string of the molecule is CSCCC(NC(=O)C(N)CCC(=O)O)C(=O)NC(CC(=O)O)C(=O)NC(CC(=O)O)C(=O)O. The van der Waals surface area contributed by atoms with Gasteiger partial charge < -0.3 is 42.1 Å². The third-order valence-electron chi connectivity index (χ3n) is 4.25. The standard InChI is InChI=1S/C18H28N4O11S/c1-34-5-4-9(20-15(29)8(19)2-3-12(23)24)16(30)21-10(6-13(25)26)17(31)22-11(18(32)33)7-14(27)28/h8-11H,2-7,19H2,1H3,(H,20,29)(H,21,30)(H,22,31)(H,23,24)(H,25,26)(H,27,28)(H,32,33). The first-order chi connectivity index (χ1) is 15.8. The lowest BCUT2D eigenvalue weighted by Crippen LogP contribution is -2.57. The Morgan fingerprint density at radius 3 is 1.65 bits per heavy atom. The second kappa shape index (κ2) is 15.4. The third kappa shape index (κ3) is 12.6. The van der Waals surface area contributed by atoms with Crippen molar-refractivity contribution in [1.29, 1.82) is 0 Å². The molecule has 9 N–H and O–H groups in total. The van der Waals surface area contributed by atoms with E-state index < -0.39 is 85.0 Å². The van der Waals surface area contributed by atoms with Crippen LogP contribution in [0.3, 0.4) is 0 Å². The van der Waals surface area contributed by atoms with Gasteiger partial charge in [-0.25, -0.2) is 4.79 Å². The van der Waals surface area contributed by atoms with Crippen molar-refractivity contribution in [2.75, 3.05) is 12.0 Å². The van der Waals surface area contributed by atoms with E-state index in [9.17, 15) is 33.6 Å². The highest BCUT2D eigenvalue weighted by Crippen LogP contribution is 2.05. The van der Waals surface area contributed by atoms with Gasteiger partial charge >= 0.3 is 23.9 Å². The van der Waals surface area contributed by atoms with E-state index in [0.717, 1.165) is 0 Å². The maximum atomic E-state index is 12.7. The van der Waals surface area contributed by atoms with Gasteiger partial charge in [0, 0.05) is 6.42 Å². The van der Waals surface area contributed by atoms with Crippen LogP contribution in [-0.2, 0) is 33.6 Å². The quantitative estimate of drug-likeness (QED) is 0.100. The summed E-state index contributed by atoms with van der Waals surface area (Å²) in [7, 11) is 0. The zero-order valence-corrected chi connectivity index (χ0v) is 19.0. The number of amides is 3. The van der Waals surface area contributed by atoms with Crippen molar-refractivity contribution >= 4 is 53.4 Å². The summed E-state index contributed by atoms with van der Waals surface area (Å²) in [6.07, 6.45) is -0.790. The minimum atomic E-state index is -1.88. The Bertz CT molecular complexity index is 792. The van der Waals surface area contributed by atoms with Crippen LogP contribution >= 0.6 is 11.8 Å². The molecule has 0 heterocycles. The largest absolute Gasteiger partial charge is 0.481 e. The summed E-state index contributed by atoms with van der Waals surface area (Å²) in [5.74, 6) is -8.62. The van der Waals surface area contributed by atoms with Crippen LogP contribution in [0.25, 0.3) is 0 Å². The van der Waals surface area contributed by atoms with Crippen LogP contribution in [0.4, 0.5) is 0 Å². The molecule has 4 unspecified atom stereocenters. The van der Waals surface area contributed by atoms with E-state index in [1.54, 1.807) is 6.26 Å². The Balaban J connectivity index is 5.47. The van der Waals surface area contributed by atoms with Gasteiger partial charge in [-0.05, 0) is 24.9 Å². The number of aliphatic carboxylic acids is 4. The Kier molecular flexibility index (Phi) is 13.9. The molecule has 3 amide bonds. The van der Waals surface area contributed by atoms with E-state index >= 15 is 0 Å². The number of carboxylic acid groups (broad SMARTS) is 4. The van der Waals surface area contributed by atoms with Crippen LogP contribution in [0.15, 0.2) is 0 Å². The molecule has 0 aromatic heterocycles. The fourth-order valence-electron chi connectivity index (χ4n) is 2.50. The molecule has 0 aromatic rings. The van der Waals surface area contributed by atoms with E-state index in [0.29, 0.717) is 5.75 Å². The van der Waals surface area contributed by atoms with Gasteiger partial charge in [0.1, 0.15) is 18.1 Å². The van der Waals surface area contributed by atoms with E-state index in [4.69, 9.17) is 26.2 Å². The second-order valence-electron chi connectivity index (χ2n) is 7.04.